The van der Waals surface area contributed by atoms with Gasteiger partial charge in [0.2, 0.25) is 0 Å². The van der Waals surface area contributed by atoms with Gasteiger partial charge in [0.05, 0.1) is 22.3 Å². The van der Waals surface area contributed by atoms with Gasteiger partial charge < -0.3 is 9.66 Å². The van der Waals surface area contributed by atoms with Gasteiger partial charge in [0, 0.05) is 12.1 Å². The predicted molar refractivity (Wildman–Crippen MR) is 50.8 cm³/mol. The van der Waals surface area contributed by atoms with Gasteiger partial charge in [-0.2, -0.15) is 22.0 Å². The Morgan fingerprint density at radius 3 is 2.22 bits per heavy atom. The molecule has 1 rings (SSSR count). The Hall–Kier alpha value is -1.35. The molecule has 18 heavy (non-hydrogen) atoms. The number of alkyl halides is 5. The molecule has 1 unspecified atom stereocenters. The summed E-state index contributed by atoms with van der Waals surface area (Å²) in [5.74, 6) is -5.12. The molecule has 9 heteroatoms. The van der Waals surface area contributed by atoms with Crippen LogP contribution in [0.25, 0.3) is 0 Å². The van der Waals surface area contributed by atoms with Crippen LogP contribution in [0.5, 0.6) is 0 Å². The van der Waals surface area contributed by atoms with E-state index >= 15 is 0 Å². The van der Waals surface area contributed by atoms with Gasteiger partial charge >= 0.3 is 17.9 Å². The third-order valence-electron chi connectivity index (χ3n) is 1.87. The van der Waals surface area contributed by atoms with Crippen molar-refractivity contribution in [2.24, 2.45) is 0 Å². The molecule has 0 bridgehead atoms. The molecule has 0 amide bonds. The summed E-state index contributed by atoms with van der Waals surface area (Å²) in [5, 5.41) is 8.57. The first-order chi connectivity index (χ1) is 8.12. The lowest BCUT2D eigenvalue weighted by atomic mass is 10.1. The van der Waals surface area contributed by atoms with Crippen LogP contribution in [0, 0.1) is 0 Å². The van der Waals surface area contributed by atoms with Gasteiger partial charge in [0.15, 0.2) is 4.90 Å². The molecule has 0 aliphatic rings. The molecule has 0 radical (unpaired) electrons. The second kappa shape index (κ2) is 5.11. The Labute approximate surface area is 100 Å². The minimum absolute atomic E-state index is 0.245. The molecular weight excluding hydrogens is 283 g/mol. The zero-order valence-corrected chi connectivity index (χ0v) is 9.19. The van der Waals surface area contributed by atoms with E-state index in [1.807, 2.05) is 0 Å². The Morgan fingerprint density at radius 1 is 1.28 bits per heavy atom. The minimum Gasteiger partial charge on any atom is -0.607 e. The normalized spacial score (nSPS) is 13.7. The second-order valence-electron chi connectivity index (χ2n) is 3.11. The summed E-state index contributed by atoms with van der Waals surface area (Å²) in [6.45, 7) is 0. The number of carboxylic acids is 1. The number of hydrogen-bond acceptors (Lipinski definition) is 2. The van der Waals surface area contributed by atoms with Gasteiger partial charge in [-0.1, -0.05) is 0 Å². The van der Waals surface area contributed by atoms with E-state index < -0.39 is 45.1 Å². The maximum atomic E-state index is 12.4. The standard InChI is InChI=1S/C9H5F5O3S/c10-8(11)18(17)6-2-4(7(15)16)1-5(3-6)9(12,13)14/h1-3,8H,(H,15,16). The van der Waals surface area contributed by atoms with E-state index in [2.05, 4.69) is 0 Å². The van der Waals surface area contributed by atoms with Gasteiger partial charge in [-0.3, -0.25) is 0 Å². The molecule has 0 aliphatic heterocycles. The van der Waals surface area contributed by atoms with Crippen molar-refractivity contribution in [3.63, 3.8) is 0 Å². The molecule has 100 valence electrons. The van der Waals surface area contributed by atoms with Crippen LogP contribution in [0.15, 0.2) is 23.1 Å². The van der Waals surface area contributed by atoms with Crippen molar-refractivity contribution in [3.05, 3.63) is 29.3 Å². The lowest BCUT2D eigenvalue weighted by Gasteiger charge is -2.12. The van der Waals surface area contributed by atoms with Crippen molar-refractivity contribution in [1.29, 1.82) is 0 Å². The minimum atomic E-state index is -4.91. The molecule has 1 aromatic rings. The molecule has 0 aliphatic carbocycles. The average Bonchev–Trinajstić information content (AvgIpc) is 2.26. The molecule has 0 heterocycles. The lowest BCUT2D eigenvalue weighted by Crippen LogP contribution is -2.15. The smallest absolute Gasteiger partial charge is 0.416 e. The van der Waals surface area contributed by atoms with E-state index in [4.69, 9.17) is 5.11 Å². The zero-order chi connectivity index (χ0) is 14.1. The maximum Gasteiger partial charge on any atom is 0.416 e. The van der Waals surface area contributed by atoms with Gasteiger partial charge in [-0.05, 0) is 6.07 Å². The zero-order valence-electron chi connectivity index (χ0n) is 8.37. The Morgan fingerprint density at radius 2 is 1.83 bits per heavy atom. The summed E-state index contributed by atoms with van der Waals surface area (Å²) >= 11 is -3.00. The number of halogens is 5. The van der Waals surface area contributed by atoms with Gasteiger partial charge in [0.25, 0.3) is 0 Å². The highest BCUT2D eigenvalue weighted by Gasteiger charge is 2.34. The third kappa shape index (κ3) is 3.33. The Bertz CT molecular complexity index is 460. The molecule has 0 fully saturated rings. The van der Waals surface area contributed by atoms with Crippen LogP contribution in [0.2, 0.25) is 0 Å². The van der Waals surface area contributed by atoms with Crippen molar-refractivity contribution in [2.45, 2.75) is 16.8 Å². The van der Waals surface area contributed by atoms with Crippen LogP contribution in [0.4, 0.5) is 22.0 Å². The van der Waals surface area contributed by atoms with Crippen LogP contribution < -0.4 is 0 Å². The highest BCUT2D eigenvalue weighted by molar-refractivity contribution is 7.91. The quantitative estimate of drug-likeness (QED) is 0.687. The van der Waals surface area contributed by atoms with Gasteiger partial charge in [0.1, 0.15) is 0 Å². The number of carbonyl (C=O) groups is 1. The van der Waals surface area contributed by atoms with Crippen LogP contribution >= 0.6 is 0 Å². The third-order valence-corrected chi connectivity index (χ3v) is 2.90. The van der Waals surface area contributed by atoms with E-state index in [1.165, 1.54) is 0 Å². The summed E-state index contributed by atoms with van der Waals surface area (Å²) in [4.78, 5) is 9.69. The first-order valence-corrected chi connectivity index (χ1v) is 5.48. The summed E-state index contributed by atoms with van der Waals surface area (Å²) in [6.07, 6.45) is -4.91. The maximum absolute atomic E-state index is 12.4. The summed E-state index contributed by atoms with van der Waals surface area (Å²) in [7, 11) is 0. The van der Waals surface area contributed by atoms with E-state index in [0.29, 0.717) is 6.07 Å². The number of benzene rings is 1. The van der Waals surface area contributed by atoms with E-state index in [-0.39, 0.29) is 12.1 Å². The van der Waals surface area contributed by atoms with Crippen molar-refractivity contribution in [3.8, 4) is 0 Å². The second-order valence-corrected chi connectivity index (χ2v) is 4.53. The monoisotopic (exact) mass is 288 g/mol. The van der Waals surface area contributed by atoms with E-state index in [1.54, 1.807) is 0 Å². The van der Waals surface area contributed by atoms with E-state index in [9.17, 15) is 31.3 Å². The highest BCUT2D eigenvalue weighted by Crippen LogP contribution is 2.32. The highest BCUT2D eigenvalue weighted by atomic mass is 32.2. The molecule has 1 atom stereocenters. The first kappa shape index (κ1) is 14.7. The van der Waals surface area contributed by atoms with Crippen LogP contribution in [-0.4, -0.2) is 21.4 Å². The van der Waals surface area contributed by atoms with Crippen LogP contribution in [0.3, 0.4) is 0 Å². The van der Waals surface area contributed by atoms with Crippen molar-refractivity contribution >= 4 is 17.1 Å². The fourth-order valence-electron chi connectivity index (χ4n) is 1.11. The largest absolute Gasteiger partial charge is 0.607 e. The summed E-state index contributed by atoms with van der Waals surface area (Å²) in [6, 6.07) is 1.06. The van der Waals surface area contributed by atoms with Gasteiger partial charge in [-0.15, -0.1) is 0 Å². The molecule has 0 saturated carbocycles. The number of rotatable bonds is 3. The Balaban J connectivity index is 3.36. The summed E-state index contributed by atoms with van der Waals surface area (Å²) < 4.78 is 72.5. The molecule has 1 aromatic carbocycles. The molecule has 3 nitrogen and oxygen atoms in total. The predicted octanol–water partition coefficient (Wildman–Crippen LogP) is 2.73. The first-order valence-electron chi connectivity index (χ1n) is 4.27. The van der Waals surface area contributed by atoms with Gasteiger partial charge in [-0.25, -0.2) is 4.79 Å². The summed E-state index contributed by atoms with van der Waals surface area (Å²) in [5.41, 5.74) is -2.29. The van der Waals surface area contributed by atoms with Crippen molar-refractivity contribution in [2.75, 3.05) is 0 Å². The van der Waals surface area contributed by atoms with Crippen LogP contribution in [0.1, 0.15) is 15.9 Å². The van der Waals surface area contributed by atoms with Crippen molar-refractivity contribution < 1.29 is 36.4 Å². The number of aromatic carboxylic acids is 1. The molecule has 1 N–H and O–H groups in total. The SMILES string of the molecule is O=C(O)c1cc([S+]([O-])C(F)F)cc(C(F)(F)F)c1. The molecular formula is C9H5F5O3S. The van der Waals surface area contributed by atoms with Crippen molar-refractivity contribution in [1.82, 2.24) is 0 Å². The molecule has 0 aromatic heterocycles. The fraction of sp³-hybridized carbons (Fsp3) is 0.222. The fourth-order valence-corrected chi connectivity index (χ4v) is 1.80. The topological polar surface area (TPSA) is 60.4 Å². The number of carboxylic acid groups (broad SMARTS) is 1. The molecule has 0 saturated heterocycles. The number of hydrogen-bond donors (Lipinski definition) is 1. The Kier molecular flexibility index (Phi) is 4.17. The average molecular weight is 288 g/mol. The van der Waals surface area contributed by atoms with Crippen LogP contribution in [-0.2, 0) is 17.4 Å². The lowest BCUT2D eigenvalue weighted by molar-refractivity contribution is -0.137. The van der Waals surface area contributed by atoms with E-state index in [0.717, 1.165) is 0 Å². The molecule has 0 spiro atoms.